The van der Waals surface area contributed by atoms with Crippen LogP contribution in [0.5, 0.6) is 33.1 Å². The molecule has 4 atom stereocenters. The van der Waals surface area contributed by atoms with E-state index in [1.807, 2.05) is 0 Å². The molecule has 5 heterocycles. The van der Waals surface area contributed by atoms with Crippen LogP contribution in [0.4, 0.5) is 0 Å². The minimum Gasteiger partial charge on any atom is -0.503 e. The summed E-state index contributed by atoms with van der Waals surface area (Å²) in [6, 6.07) is 0.187. The number of ether oxygens (including phenoxy) is 2. The molecule has 4 unspecified atom stereocenters. The van der Waals surface area contributed by atoms with Crippen LogP contribution in [0.1, 0.15) is 22.6 Å². The first-order chi connectivity index (χ1) is 14.9. The maximum atomic E-state index is 13.3. The lowest BCUT2D eigenvalue weighted by Crippen LogP contribution is -2.60. The highest BCUT2D eigenvalue weighted by Crippen LogP contribution is 2.58. The quantitative estimate of drug-likeness (QED) is 0.183. The minimum atomic E-state index is -2.92. The van der Waals surface area contributed by atoms with Crippen molar-refractivity contribution in [2.75, 3.05) is 14.1 Å². The van der Waals surface area contributed by atoms with Gasteiger partial charge in [0.2, 0.25) is 27.2 Å². The van der Waals surface area contributed by atoms with Gasteiger partial charge in [-0.15, -0.1) is 0 Å². The number of epoxide rings is 1. The molecule has 0 amide bonds. The highest BCUT2D eigenvalue weighted by atomic mass is 32.1. The van der Waals surface area contributed by atoms with Gasteiger partial charge in [-0.05, 0) is 0 Å². The van der Waals surface area contributed by atoms with E-state index in [9.17, 15) is 40.5 Å². The van der Waals surface area contributed by atoms with Crippen molar-refractivity contribution >= 4 is 28.6 Å². The lowest BCUT2D eigenvalue weighted by Gasteiger charge is -2.45. The molecule has 11 nitrogen and oxygen atoms in total. The molecule has 174 valence electrons. The zero-order valence-electron chi connectivity index (χ0n) is 16.9. The van der Waals surface area contributed by atoms with Crippen LogP contribution < -0.4 is 0 Å². The summed E-state index contributed by atoms with van der Waals surface area (Å²) < 4.78 is 12.1. The largest absolute Gasteiger partial charge is 0.503 e. The molecule has 2 aromatic heterocycles. The van der Waals surface area contributed by atoms with Gasteiger partial charge in [-0.25, -0.2) is 4.79 Å². The second-order valence-corrected chi connectivity index (χ2v) is 10.9. The number of hydrogen-bond acceptors (Lipinski definition) is 12. The summed E-state index contributed by atoms with van der Waals surface area (Å²) in [6.07, 6.45) is 0.504. The second-order valence-electron chi connectivity index (χ2n) is 8.91. The van der Waals surface area contributed by atoms with Gasteiger partial charge >= 0.3 is 5.97 Å². The van der Waals surface area contributed by atoms with Crippen LogP contribution in [-0.4, -0.2) is 90.7 Å². The van der Waals surface area contributed by atoms with E-state index in [0.717, 1.165) is 4.48 Å². The number of fused-ring (bicyclic) bond motifs is 5. The molecular formula is C19H22NO10S2+. The van der Waals surface area contributed by atoms with Gasteiger partial charge in [0.25, 0.3) is 0 Å². The number of carbonyl (C=O) groups is 1. The maximum Gasteiger partial charge on any atom is 0.350 e. The first kappa shape index (κ1) is 21.4. The molecule has 32 heavy (non-hydrogen) atoms. The molecule has 0 aromatic carbocycles. The zero-order chi connectivity index (χ0) is 23.3. The summed E-state index contributed by atoms with van der Waals surface area (Å²) in [5.74, 6) is -5.21. The van der Waals surface area contributed by atoms with E-state index in [2.05, 4.69) is 14.1 Å². The summed E-state index contributed by atoms with van der Waals surface area (Å²) in [7, 11) is 4.17. The number of piperidine rings is 1. The summed E-state index contributed by atoms with van der Waals surface area (Å²) in [5, 5.41) is 69.6. The summed E-state index contributed by atoms with van der Waals surface area (Å²) in [4.78, 5) is 12.1. The Kier molecular flexibility index (Phi) is 4.38. The van der Waals surface area contributed by atoms with Crippen molar-refractivity contribution in [1.29, 1.82) is 0 Å². The van der Waals surface area contributed by atoms with Crippen LogP contribution in [0.2, 0.25) is 0 Å². The van der Waals surface area contributed by atoms with Crippen molar-refractivity contribution in [1.82, 2.24) is 0 Å². The molecule has 0 saturated carbocycles. The van der Waals surface area contributed by atoms with Crippen LogP contribution in [0, 0.1) is 0 Å². The SMILES string of the molecule is C[N+]1(C)C2CC(OC(=O)C(O)(c3sc(O)c(O)c3O)c3sc(O)c(O)c3O)CC1C1OC12. The number of hydrogen-bond donors (Lipinski definition) is 7. The van der Waals surface area contributed by atoms with E-state index < -0.39 is 60.6 Å². The fourth-order valence-electron chi connectivity index (χ4n) is 5.12. The van der Waals surface area contributed by atoms with E-state index >= 15 is 0 Å². The monoisotopic (exact) mass is 488 g/mol. The van der Waals surface area contributed by atoms with Gasteiger partial charge in [-0.3, -0.25) is 0 Å². The summed E-state index contributed by atoms with van der Waals surface area (Å²) >= 11 is 0.583. The first-order valence-corrected chi connectivity index (χ1v) is 11.4. The highest BCUT2D eigenvalue weighted by Gasteiger charge is 2.71. The number of rotatable bonds is 4. The molecule has 2 aromatic rings. The third kappa shape index (κ3) is 2.65. The molecule has 0 spiro atoms. The number of aliphatic hydroxyl groups is 1. The number of morpholine rings is 1. The van der Waals surface area contributed by atoms with Gasteiger partial charge in [-0.1, -0.05) is 22.7 Å². The number of thiophene rings is 2. The molecule has 3 aliphatic heterocycles. The Morgan fingerprint density at radius 3 is 1.72 bits per heavy atom. The Labute approximate surface area is 189 Å². The van der Waals surface area contributed by atoms with Gasteiger partial charge in [-0.2, -0.15) is 0 Å². The average molecular weight is 489 g/mol. The predicted octanol–water partition coefficient (Wildman–Crippen LogP) is 0.579. The Bertz CT molecular complexity index is 1050. The van der Waals surface area contributed by atoms with E-state index in [1.165, 1.54) is 0 Å². The van der Waals surface area contributed by atoms with Crippen LogP contribution in [0.15, 0.2) is 0 Å². The zero-order valence-corrected chi connectivity index (χ0v) is 18.6. The molecule has 0 aliphatic carbocycles. The predicted molar refractivity (Wildman–Crippen MR) is 109 cm³/mol. The Morgan fingerprint density at radius 1 is 0.906 bits per heavy atom. The van der Waals surface area contributed by atoms with E-state index in [4.69, 9.17) is 9.47 Å². The van der Waals surface area contributed by atoms with E-state index in [1.54, 1.807) is 0 Å². The Morgan fingerprint density at radius 2 is 1.34 bits per heavy atom. The molecule has 2 bridgehead atoms. The van der Waals surface area contributed by atoms with Crippen molar-refractivity contribution in [2.24, 2.45) is 0 Å². The molecule has 3 fully saturated rings. The second kappa shape index (κ2) is 6.54. The topological polar surface area (TPSA) is 180 Å². The normalized spacial score (nSPS) is 30.2. The fourth-order valence-corrected chi connectivity index (χ4v) is 7.01. The van der Waals surface area contributed by atoms with Gasteiger partial charge < -0.3 is 49.7 Å². The maximum absolute atomic E-state index is 13.3. The number of quaternary nitrogens is 1. The lowest BCUT2D eigenvalue weighted by molar-refractivity contribution is -0.938. The van der Waals surface area contributed by atoms with Crippen molar-refractivity contribution in [3.63, 3.8) is 0 Å². The van der Waals surface area contributed by atoms with Crippen LogP contribution >= 0.6 is 22.7 Å². The first-order valence-electron chi connectivity index (χ1n) is 9.79. The smallest absolute Gasteiger partial charge is 0.350 e. The fraction of sp³-hybridized carbons (Fsp3) is 0.526. The van der Waals surface area contributed by atoms with Gasteiger partial charge in [0.05, 0.1) is 14.1 Å². The number of esters is 1. The van der Waals surface area contributed by atoms with Gasteiger partial charge in [0.1, 0.15) is 40.1 Å². The molecule has 0 radical (unpaired) electrons. The van der Waals surface area contributed by atoms with Gasteiger partial charge in [0, 0.05) is 12.8 Å². The van der Waals surface area contributed by atoms with E-state index in [-0.39, 0.29) is 24.3 Å². The molecule has 7 N–H and O–H groups in total. The molecule has 3 saturated heterocycles. The van der Waals surface area contributed by atoms with E-state index in [0.29, 0.717) is 35.5 Å². The lowest BCUT2D eigenvalue weighted by atomic mass is 9.95. The average Bonchev–Trinajstić information content (AvgIpc) is 3.39. The van der Waals surface area contributed by atoms with Crippen molar-refractivity contribution in [3.05, 3.63) is 9.75 Å². The number of carbonyl (C=O) groups excluding carboxylic acids is 1. The molecule has 3 aliphatic rings. The number of aromatic hydroxyl groups is 6. The Hall–Kier alpha value is -2.45. The van der Waals surface area contributed by atoms with Crippen molar-refractivity contribution < 1.29 is 54.5 Å². The van der Waals surface area contributed by atoms with Crippen molar-refractivity contribution in [3.8, 4) is 33.1 Å². The molecule has 5 rings (SSSR count). The van der Waals surface area contributed by atoms with Crippen LogP contribution in [0.25, 0.3) is 0 Å². The number of likely N-dealkylation sites (N-methyl/N-ethyl adjacent to an activating group) is 1. The number of nitrogens with zero attached hydrogens (tertiary/aromatic N) is 1. The van der Waals surface area contributed by atoms with Crippen LogP contribution in [-0.2, 0) is 19.9 Å². The third-order valence-corrected chi connectivity index (χ3v) is 9.11. The Balaban J connectivity index is 1.52. The van der Waals surface area contributed by atoms with Gasteiger partial charge in [0.15, 0.2) is 11.5 Å². The van der Waals surface area contributed by atoms with Crippen molar-refractivity contribution in [2.45, 2.75) is 48.8 Å². The minimum absolute atomic E-state index is 0.0862. The standard InChI is InChI=1S/C19H21NO10S2/c1-20(2)6-3-5(4-7(20)13-12(6)30-13)29-18(27)19(28,14-8(21)10(23)16(25)31-14)15-9(22)11(24)17(26)32-15/h5-7,12-13,28H,3-4H2,1-2H3,(H5-,21,22,23,24,25,26)/p+1. The van der Waals surface area contributed by atoms with Crippen LogP contribution in [0.3, 0.4) is 0 Å². The highest BCUT2D eigenvalue weighted by molar-refractivity contribution is 7.16. The molecule has 13 heteroatoms. The molecular weight excluding hydrogens is 466 g/mol. The summed E-state index contributed by atoms with van der Waals surface area (Å²) in [6.45, 7) is 0. The third-order valence-electron chi connectivity index (χ3n) is 6.95. The summed E-state index contributed by atoms with van der Waals surface area (Å²) in [5.41, 5.74) is -2.92.